The molecular weight excluding hydrogens is 246 g/mol. The summed E-state index contributed by atoms with van der Waals surface area (Å²) in [6.45, 7) is 0. The third kappa shape index (κ3) is 3.25. The highest BCUT2D eigenvalue weighted by molar-refractivity contribution is 6.29. The van der Waals surface area contributed by atoms with Gasteiger partial charge in [-0.2, -0.15) is 0 Å². The van der Waals surface area contributed by atoms with Gasteiger partial charge in [0.1, 0.15) is 11.3 Å². The molecule has 0 aliphatic rings. The average molecular weight is 256 g/mol. The van der Waals surface area contributed by atoms with Crippen LogP contribution in [0.15, 0.2) is 18.5 Å². The highest BCUT2D eigenvalue weighted by Gasteiger charge is 2.18. The van der Waals surface area contributed by atoms with E-state index in [-0.39, 0.29) is 22.0 Å². The summed E-state index contributed by atoms with van der Waals surface area (Å²) in [7, 11) is 3.41. The Balaban J connectivity index is 3.41. The van der Waals surface area contributed by atoms with Crippen LogP contribution >= 0.6 is 11.6 Å². The Morgan fingerprint density at radius 3 is 2.71 bits per heavy atom. The summed E-state index contributed by atoms with van der Waals surface area (Å²) >= 11 is 5.67. The third-order valence-electron chi connectivity index (χ3n) is 1.88. The van der Waals surface area contributed by atoms with Crippen LogP contribution < -0.4 is 0 Å². The number of hydrogen-bond acceptors (Lipinski definition) is 5. The molecule has 0 aromatic carbocycles. The number of nitrogens with zero attached hydrogens (tertiary/aromatic N) is 3. The van der Waals surface area contributed by atoms with Gasteiger partial charge in [0.15, 0.2) is 6.29 Å². The molecular formula is C10H10ClN3O3. The number of pyridine rings is 1. The van der Waals surface area contributed by atoms with E-state index in [9.17, 15) is 14.9 Å². The standard InChI is InChI=1S/C10H10ClN3O3/c1-13(2)5-7(6-15)8-3-10(11)12-4-9(8)14(16)17/h3-6H,1-2H3/b7-5-. The van der Waals surface area contributed by atoms with Crippen molar-refractivity contribution in [1.82, 2.24) is 9.88 Å². The van der Waals surface area contributed by atoms with Gasteiger partial charge < -0.3 is 4.90 Å². The van der Waals surface area contributed by atoms with Crippen LogP contribution in [0, 0.1) is 10.1 Å². The molecule has 90 valence electrons. The molecule has 17 heavy (non-hydrogen) atoms. The zero-order valence-corrected chi connectivity index (χ0v) is 10.0. The minimum absolute atomic E-state index is 0.0945. The maximum Gasteiger partial charge on any atom is 0.295 e. The van der Waals surface area contributed by atoms with E-state index in [1.165, 1.54) is 12.3 Å². The molecule has 7 heteroatoms. The number of rotatable bonds is 4. The highest BCUT2D eigenvalue weighted by Crippen LogP contribution is 2.26. The van der Waals surface area contributed by atoms with Crippen molar-refractivity contribution in [3.05, 3.63) is 39.3 Å². The molecule has 0 spiro atoms. The van der Waals surface area contributed by atoms with E-state index < -0.39 is 4.92 Å². The second kappa shape index (κ2) is 5.40. The van der Waals surface area contributed by atoms with E-state index in [0.29, 0.717) is 6.29 Å². The van der Waals surface area contributed by atoms with E-state index >= 15 is 0 Å². The van der Waals surface area contributed by atoms with E-state index in [1.54, 1.807) is 19.0 Å². The molecule has 6 nitrogen and oxygen atoms in total. The lowest BCUT2D eigenvalue weighted by atomic mass is 10.1. The molecule has 0 atom stereocenters. The van der Waals surface area contributed by atoms with Crippen LogP contribution in [-0.2, 0) is 4.79 Å². The largest absolute Gasteiger partial charge is 0.383 e. The summed E-state index contributed by atoms with van der Waals surface area (Å²) in [5.41, 5.74) is 0.0688. The number of aldehydes is 1. The Hall–Kier alpha value is -1.95. The molecule has 1 rings (SSSR count). The number of hydrogen-bond donors (Lipinski definition) is 0. The zero-order chi connectivity index (χ0) is 13.0. The number of halogens is 1. The summed E-state index contributed by atoms with van der Waals surface area (Å²) in [6.07, 6.45) is 3.05. The van der Waals surface area contributed by atoms with Crippen LogP contribution in [0.4, 0.5) is 5.69 Å². The first kappa shape index (κ1) is 13.1. The Bertz CT molecular complexity index is 486. The third-order valence-corrected chi connectivity index (χ3v) is 2.09. The van der Waals surface area contributed by atoms with Gasteiger partial charge in [0.2, 0.25) is 0 Å². The van der Waals surface area contributed by atoms with E-state index in [4.69, 9.17) is 11.6 Å². The Morgan fingerprint density at radius 2 is 2.24 bits per heavy atom. The van der Waals surface area contributed by atoms with Crippen molar-refractivity contribution < 1.29 is 9.72 Å². The van der Waals surface area contributed by atoms with Crippen LogP contribution in [-0.4, -0.2) is 35.2 Å². The summed E-state index contributed by atoms with van der Waals surface area (Å²) in [4.78, 5) is 26.4. The molecule has 0 fully saturated rings. The van der Waals surface area contributed by atoms with Crippen molar-refractivity contribution in [2.45, 2.75) is 0 Å². The number of aromatic nitrogens is 1. The van der Waals surface area contributed by atoms with Crippen molar-refractivity contribution in [2.75, 3.05) is 14.1 Å². The lowest BCUT2D eigenvalue weighted by Gasteiger charge is -2.08. The normalized spacial score (nSPS) is 11.1. The Kier molecular flexibility index (Phi) is 4.17. The molecule has 1 aromatic rings. The predicted octanol–water partition coefficient (Wildman–Crippen LogP) is 1.74. The van der Waals surface area contributed by atoms with Crippen LogP contribution in [0.1, 0.15) is 5.56 Å². The number of allylic oxidation sites excluding steroid dienone is 1. The molecule has 0 aliphatic carbocycles. The molecule has 0 unspecified atom stereocenters. The van der Waals surface area contributed by atoms with Gasteiger partial charge in [-0.1, -0.05) is 11.6 Å². The van der Waals surface area contributed by atoms with Gasteiger partial charge >= 0.3 is 0 Å². The van der Waals surface area contributed by atoms with Gasteiger partial charge in [0.25, 0.3) is 5.69 Å². The molecule has 0 aliphatic heterocycles. The first-order valence-corrected chi connectivity index (χ1v) is 4.97. The SMILES string of the molecule is CN(C)/C=C(/C=O)c1cc(Cl)ncc1[N+](=O)[O-]. The lowest BCUT2D eigenvalue weighted by Crippen LogP contribution is -2.05. The first-order chi connectivity index (χ1) is 7.95. The average Bonchev–Trinajstić information content (AvgIpc) is 2.25. The quantitative estimate of drug-likeness (QED) is 0.269. The van der Waals surface area contributed by atoms with E-state index in [1.807, 2.05) is 0 Å². The van der Waals surface area contributed by atoms with Gasteiger partial charge in [0, 0.05) is 25.9 Å². The minimum Gasteiger partial charge on any atom is -0.383 e. The number of nitro groups is 1. The second-order valence-electron chi connectivity index (χ2n) is 3.45. The second-order valence-corrected chi connectivity index (χ2v) is 3.83. The van der Waals surface area contributed by atoms with E-state index in [0.717, 1.165) is 6.20 Å². The molecule has 1 aromatic heterocycles. The molecule has 1 heterocycles. The van der Waals surface area contributed by atoms with Crippen LogP contribution in [0.5, 0.6) is 0 Å². The molecule has 0 saturated carbocycles. The van der Waals surface area contributed by atoms with Gasteiger partial charge in [-0.15, -0.1) is 0 Å². The lowest BCUT2D eigenvalue weighted by molar-refractivity contribution is -0.385. The summed E-state index contributed by atoms with van der Waals surface area (Å²) in [5.74, 6) is 0. The van der Waals surface area contributed by atoms with Crippen molar-refractivity contribution >= 4 is 29.1 Å². The summed E-state index contributed by atoms with van der Waals surface area (Å²) < 4.78 is 0. The summed E-state index contributed by atoms with van der Waals surface area (Å²) in [6, 6.07) is 1.30. The predicted molar refractivity (Wildman–Crippen MR) is 63.6 cm³/mol. The monoisotopic (exact) mass is 255 g/mol. The van der Waals surface area contributed by atoms with Gasteiger partial charge in [-0.05, 0) is 6.07 Å². The fourth-order valence-corrected chi connectivity index (χ4v) is 1.40. The number of carbonyl (C=O) groups is 1. The maximum absolute atomic E-state index is 10.9. The van der Waals surface area contributed by atoms with Crippen molar-refractivity contribution in [3.63, 3.8) is 0 Å². The zero-order valence-electron chi connectivity index (χ0n) is 9.25. The fourth-order valence-electron chi connectivity index (χ4n) is 1.24. The molecule has 0 bridgehead atoms. The van der Waals surface area contributed by atoms with E-state index in [2.05, 4.69) is 4.98 Å². The number of carbonyl (C=O) groups excluding carboxylic acids is 1. The molecule has 0 N–H and O–H groups in total. The maximum atomic E-state index is 10.9. The molecule has 0 saturated heterocycles. The van der Waals surface area contributed by atoms with Gasteiger partial charge in [0.05, 0.1) is 10.5 Å². The molecule has 0 amide bonds. The Morgan fingerprint density at radius 1 is 1.59 bits per heavy atom. The smallest absolute Gasteiger partial charge is 0.295 e. The minimum atomic E-state index is -0.605. The van der Waals surface area contributed by atoms with Gasteiger partial charge in [-0.25, -0.2) is 4.98 Å². The van der Waals surface area contributed by atoms with Crippen molar-refractivity contribution in [3.8, 4) is 0 Å². The molecule has 0 radical (unpaired) electrons. The topological polar surface area (TPSA) is 76.3 Å². The van der Waals surface area contributed by atoms with Crippen LogP contribution in [0.2, 0.25) is 5.15 Å². The summed E-state index contributed by atoms with van der Waals surface area (Å²) in [5, 5.41) is 10.9. The van der Waals surface area contributed by atoms with Crippen molar-refractivity contribution in [2.24, 2.45) is 0 Å². The van der Waals surface area contributed by atoms with Gasteiger partial charge in [-0.3, -0.25) is 14.9 Å². The van der Waals surface area contributed by atoms with Crippen molar-refractivity contribution in [1.29, 1.82) is 0 Å². The fraction of sp³-hybridized carbons (Fsp3) is 0.200. The Labute approximate surface area is 103 Å². The van der Waals surface area contributed by atoms with Crippen LogP contribution in [0.3, 0.4) is 0 Å². The first-order valence-electron chi connectivity index (χ1n) is 4.59. The highest BCUT2D eigenvalue weighted by atomic mass is 35.5. The van der Waals surface area contributed by atoms with Crippen LogP contribution in [0.25, 0.3) is 5.57 Å².